The number of rotatable bonds is 5. The molecule has 0 radical (unpaired) electrons. The summed E-state index contributed by atoms with van der Waals surface area (Å²) in [5.74, 6) is 1.64. The van der Waals surface area contributed by atoms with Gasteiger partial charge in [-0.1, -0.05) is 11.6 Å². The topological polar surface area (TPSA) is 85.5 Å². The lowest BCUT2D eigenvalue weighted by Gasteiger charge is -2.15. The van der Waals surface area contributed by atoms with Gasteiger partial charge in [0.2, 0.25) is 5.75 Å². The minimum atomic E-state index is -0.429. The molecule has 21 heavy (non-hydrogen) atoms. The zero-order chi connectivity index (χ0) is 15.4. The standard InChI is InChI=1S/C13H14ClN3O4/c1-19-8-4-7(5-9(20-2)11(8)21-3)17-12-10(14)13(18)16-6-15-12/h4-6H,1-3H3,(H2,15,16,17,18). The highest BCUT2D eigenvalue weighted by Gasteiger charge is 2.14. The van der Waals surface area contributed by atoms with E-state index in [1.54, 1.807) is 12.1 Å². The lowest BCUT2D eigenvalue weighted by atomic mass is 10.2. The highest BCUT2D eigenvalue weighted by molar-refractivity contribution is 6.32. The molecule has 0 aliphatic heterocycles. The van der Waals surface area contributed by atoms with Gasteiger partial charge >= 0.3 is 0 Å². The van der Waals surface area contributed by atoms with Crippen molar-refractivity contribution in [1.29, 1.82) is 0 Å². The maximum absolute atomic E-state index is 11.4. The number of aromatic nitrogens is 2. The van der Waals surface area contributed by atoms with E-state index in [-0.39, 0.29) is 10.8 Å². The monoisotopic (exact) mass is 311 g/mol. The van der Waals surface area contributed by atoms with Crippen LogP contribution in [0.2, 0.25) is 5.02 Å². The maximum Gasteiger partial charge on any atom is 0.271 e. The third-order valence-electron chi connectivity index (χ3n) is 2.72. The molecule has 1 heterocycles. The molecule has 2 aromatic rings. The highest BCUT2D eigenvalue weighted by Crippen LogP contribution is 2.40. The second kappa shape index (κ2) is 6.36. The molecule has 8 heteroatoms. The van der Waals surface area contributed by atoms with Crippen LogP contribution in [-0.4, -0.2) is 31.3 Å². The smallest absolute Gasteiger partial charge is 0.271 e. The van der Waals surface area contributed by atoms with Crippen LogP contribution in [0.25, 0.3) is 0 Å². The van der Waals surface area contributed by atoms with Gasteiger partial charge in [0.15, 0.2) is 17.3 Å². The number of aromatic amines is 1. The Morgan fingerprint density at radius 3 is 2.29 bits per heavy atom. The Balaban J connectivity index is 2.45. The Bertz CT molecular complexity index is 677. The van der Waals surface area contributed by atoms with E-state index in [1.165, 1.54) is 27.7 Å². The van der Waals surface area contributed by atoms with Gasteiger partial charge in [0, 0.05) is 17.8 Å². The zero-order valence-corrected chi connectivity index (χ0v) is 12.4. The molecule has 0 saturated heterocycles. The van der Waals surface area contributed by atoms with E-state index in [2.05, 4.69) is 15.3 Å². The lowest BCUT2D eigenvalue weighted by Crippen LogP contribution is -2.09. The van der Waals surface area contributed by atoms with Crippen LogP contribution in [0.1, 0.15) is 0 Å². The molecule has 0 aliphatic carbocycles. The first-order valence-corrected chi connectivity index (χ1v) is 6.28. The van der Waals surface area contributed by atoms with E-state index in [0.29, 0.717) is 22.9 Å². The minimum absolute atomic E-state index is 0.0359. The molecule has 112 valence electrons. The van der Waals surface area contributed by atoms with E-state index in [1.807, 2.05) is 0 Å². The molecule has 2 rings (SSSR count). The third-order valence-corrected chi connectivity index (χ3v) is 3.07. The third kappa shape index (κ3) is 3.03. The summed E-state index contributed by atoms with van der Waals surface area (Å²) in [4.78, 5) is 17.8. The van der Waals surface area contributed by atoms with Gasteiger partial charge in [0.25, 0.3) is 5.56 Å². The Morgan fingerprint density at radius 1 is 1.14 bits per heavy atom. The van der Waals surface area contributed by atoms with Crippen molar-refractivity contribution in [3.05, 3.63) is 33.8 Å². The second-order valence-corrected chi connectivity index (χ2v) is 4.31. The molecule has 7 nitrogen and oxygen atoms in total. The number of halogens is 1. The van der Waals surface area contributed by atoms with Crippen LogP contribution in [0.3, 0.4) is 0 Å². The number of methoxy groups -OCH3 is 3. The molecular formula is C13H14ClN3O4. The predicted octanol–water partition coefficient (Wildman–Crippen LogP) is 2.19. The maximum atomic E-state index is 11.4. The van der Waals surface area contributed by atoms with Crippen molar-refractivity contribution >= 4 is 23.1 Å². The van der Waals surface area contributed by atoms with Gasteiger partial charge in [-0.25, -0.2) is 4.98 Å². The first-order valence-electron chi connectivity index (χ1n) is 5.91. The van der Waals surface area contributed by atoms with E-state index in [4.69, 9.17) is 25.8 Å². The SMILES string of the molecule is COc1cc(Nc2nc[nH]c(=O)c2Cl)cc(OC)c1OC. The van der Waals surface area contributed by atoms with Crippen molar-refractivity contribution in [2.75, 3.05) is 26.6 Å². The van der Waals surface area contributed by atoms with Gasteiger partial charge in [-0.15, -0.1) is 0 Å². The van der Waals surface area contributed by atoms with Gasteiger partial charge in [-0.3, -0.25) is 4.79 Å². The quantitative estimate of drug-likeness (QED) is 0.880. The Labute approximate surface area is 125 Å². The number of hydrogen-bond donors (Lipinski definition) is 2. The van der Waals surface area contributed by atoms with Crippen molar-refractivity contribution in [1.82, 2.24) is 9.97 Å². The minimum Gasteiger partial charge on any atom is -0.493 e. The first kappa shape index (κ1) is 15.0. The molecule has 0 aliphatic rings. The number of H-pyrrole nitrogens is 1. The Morgan fingerprint density at radius 2 is 1.76 bits per heavy atom. The highest BCUT2D eigenvalue weighted by atomic mass is 35.5. The lowest BCUT2D eigenvalue weighted by molar-refractivity contribution is 0.324. The summed E-state index contributed by atoms with van der Waals surface area (Å²) in [6.45, 7) is 0. The predicted molar refractivity (Wildman–Crippen MR) is 79.2 cm³/mol. The van der Waals surface area contributed by atoms with E-state index in [0.717, 1.165) is 0 Å². The van der Waals surface area contributed by atoms with Crippen molar-refractivity contribution in [2.45, 2.75) is 0 Å². The van der Waals surface area contributed by atoms with Crippen molar-refractivity contribution < 1.29 is 14.2 Å². The van der Waals surface area contributed by atoms with Crippen molar-refractivity contribution in [3.8, 4) is 17.2 Å². The zero-order valence-electron chi connectivity index (χ0n) is 11.7. The molecule has 0 fully saturated rings. The number of anilines is 2. The molecule has 0 bridgehead atoms. The van der Waals surface area contributed by atoms with Gasteiger partial charge < -0.3 is 24.5 Å². The molecule has 0 spiro atoms. The summed E-state index contributed by atoms with van der Waals surface area (Å²) in [5.41, 5.74) is 0.158. The van der Waals surface area contributed by atoms with Crippen LogP contribution in [0.4, 0.5) is 11.5 Å². The van der Waals surface area contributed by atoms with Crippen molar-refractivity contribution in [3.63, 3.8) is 0 Å². The van der Waals surface area contributed by atoms with E-state index < -0.39 is 5.56 Å². The summed E-state index contributed by atoms with van der Waals surface area (Å²) in [6, 6.07) is 3.36. The van der Waals surface area contributed by atoms with E-state index >= 15 is 0 Å². The second-order valence-electron chi connectivity index (χ2n) is 3.93. The average Bonchev–Trinajstić information content (AvgIpc) is 2.50. The van der Waals surface area contributed by atoms with Crippen LogP contribution in [0.15, 0.2) is 23.3 Å². The number of ether oxygens (including phenoxy) is 3. The molecule has 1 aromatic carbocycles. The molecule has 2 N–H and O–H groups in total. The average molecular weight is 312 g/mol. The number of hydrogen-bond acceptors (Lipinski definition) is 6. The van der Waals surface area contributed by atoms with Gasteiger partial charge in [0.1, 0.15) is 5.02 Å². The molecular weight excluding hydrogens is 298 g/mol. The fraction of sp³-hybridized carbons (Fsp3) is 0.231. The Kier molecular flexibility index (Phi) is 4.54. The molecule has 1 aromatic heterocycles. The fourth-order valence-electron chi connectivity index (χ4n) is 1.76. The van der Waals surface area contributed by atoms with Crippen molar-refractivity contribution in [2.24, 2.45) is 0 Å². The van der Waals surface area contributed by atoms with Gasteiger partial charge in [-0.05, 0) is 0 Å². The molecule has 0 atom stereocenters. The molecule has 0 saturated carbocycles. The summed E-state index contributed by atoms with van der Waals surface area (Å²) in [6.07, 6.45) is 1.26. The molecule has 0 amide bonds. The van der Waals surface area contributed by atoms with Crippen LogP contribution in [0.5, 0.6) is 17.2 Å². The largest absolute Gasteiger partial charge is 0.493 e. The van der Waals surface area contributed by atoms with Gasteiger partial charge in [0.05, 0.1) is 27.7 Å². The number of nitrogens with zero attached hydrogens (tertiary/aromatic N) is 1. The van der Waals surface area contributed by atoms with Crippen LogP contribution < -0.4 is 25.1 Å². The van der Waals surface area contributed by atoms with Crippen LogP contribution in [0, 0.1) is 0 Å². The summed E-state index contributed by atoms with van der Waals surface area (Å²) >= 11 is 5.89. The Hall–Kier alpha value is -2.41. The van der Waals surface area contributed by atoms with Crippen LogP contribution in [-0.2, 0) is 0 Å². The van der Waals surface area contributed by atoms with Crippen LogP contribution >= 0.6 is 11.6 Å². The fourth-order valence-corrected chi connectivity index (χ4v) is 1.91. The number of benzene rings is 1. The molecule has 0 unspecified atom stereocenters. The first-order chi connectivity index (χ1) is 10.1. The number of nitrogens with one attached hydrogen (secondary N) is 2. The summed E-state index contributed by atoms with van der Waals surface area (Å²) in [5, 5.41) is 2.90. The summed E-state index contributed by atoms with van der Waals surface area (Å²) < 4.78 is 15.7. The van der Waals surface area contributed by atoms with Gasteiger partial charge in [-0.2, -0.15) is 0 Å². The van der Waals surface area contributed by atoms with E-state index in [9.17, 15) is 4.79 Å². The summed E-state index contributed by atoms with van der Waals surface area (Å²) in [7, 11) is 4.54. The normalized spacial score (nSPS) is 10.1.